The second-order valence-electron chi connectivity index (χ2n) is 3.55. The third-order valence-electron chi connectivity index (χ3n) is 2.40. The molecule has 1 N–H and O–H groups in total. The summed E-state index contributed by atoms with van der Waals surface area (Å²) in [5.74, 6) is -0.215. The Hall–Kier alpha value is -2.56. The molecule has 17 heavy (non-hydrogen) atoms. The Bertz CT molecular complexity index is 660. The van der Waals surface area contributed by atoms with Crippen molar-refractivity contribution in [2.24, 2.45) is 4.99 Å². The summed E-state index contributed by atoms with van der Waals surface area (Å²) in [6.45, 7) is 0. The average molecular weight is 224 g/mol. The van der Waals surface area contributed by atoms with Crippen molar-refractivity contribution in [2.75, 3.05) is 0 Å². The monoisotopic (exact) mass is 224 g/mol. The molecule has 0 unspecified atom stereocenters. The largest absolute Gasteiger partial charge is 0.311 e. The Kier molecular flexibility index (Phi) is 2.15. The molecule has 1 aliphatic rings. The molecular weight excluding hydrogens is 216 g/mol. The number of amides is 1. The van der Waals surface area contributed by atoms with Gasteiger partial charge in [0.2, 0.25) is 0 Å². The topological polar surface area (TPSA) is 67.2 Å². The lowest BCUT2D eigenvalue weighted by Gasteiger charge is -1.97. The van der Waals surface area contributed by atoms with E-state index in [1.165, 1.54) is 6.34 Å². The van der Waals surface area contributed by atoms with Gasteiger partial charge in [0.25, 0.3) is 5.91 Å². The van der Waals surface area contributed by atoms with Crippen molar-refractivity contribution in [1.82, 2.24) is 15.3 Å². The fourth-order valence-electron chi connectivity index (χ4n) is 1.58. The first-order valence-corrected chi connectivity index (χ1v) is 5.10. The number of nitrogens with zero attached hydrogens (tertiary/aromatic N) is 3. The van der Waals surface area contributed by atoms with Crippen LogP contribution in [-0.2, 0) is 4.79 Å². The third-order valence-corrected chi connectivity index (χ3v) is 2.40. The van der Waals surface area contributed by atoms with Crippen molar-refractivity contribution in [1.29, 1.82) is 0 Å². The first-order chi connectivity index (χ1) is 8.33. The second-order valence-corrected chi connectivity index (χ2v) is 3.55. The van der Waals surface area contributed by atoms with E-state index in [-0.39, 0.29) is 5.91 Å². The molecule has 3 heterocycles. The van der Waals surface area contributed by atoms with Crippen LogP contribution in [0.4, 0.5) is 0 Å². The molecule has 1 aliphatic heterocycles. The van der Waals surface area contributed by atoms with Gasteiger partial charge in [-0.25, -0.2) is 15.0 Å². The Labute approximate surface area is 96.9 Å². The van der Waals surface area contributed by atoms with E-state index in [2.05, 4.69) is 20.3 Å². The standard InChI is InChI=1S/C12H8N4O/c17-12-10(14-7-15-12)6-9-4-3-8-2-1-5-13-11(8)16-9/h1-7H,(H,14,15,17). The molecule has 0 aliphatic carbocycles. The van der Waals surface area contributed by atoms with Gasteiger partial charge in [0.15, 0.2) is 5.65 Å². The Morgan fingerprint density at radius 1 is 1.24 bits per heavy atom. The van der Waals surface area contributed by atoms with Crippen molar-refractivity contribution in [2.45, 2.75) is 0 Å². The summed E-state index contributed by atoms with van der Waals surface area (Å²) in [5, 5.41) is 3.45. The van der Waals surface area contributed by atoms with Gasteiger partial charge in [0.1, 0.15) is 5.70 Å². The fourth-order valence-corrected chi connectivity index (χ4v) is 1.58. The molecule has 0 atom stereocenters. The molecule has 0 spiro atoms. The van der Waals surface area contributed by atoms with Gasteiger partial charge in [-0.3, -0.25) is 4.79 Å². The van der Waals surface area contributed by atoms with Gasteiger partial charge >= 0.3 is 0 Å². The highest BCUT2D eigenvalue weighted by molar-refractivity contribution is 6.08. The number of carbonyl (C=O) groups is 1. The molecule has 0 radical (unpaired) electrons. The Morgan fingerprint density at radius 3 is 3.00 bits per heavy atom. The average Bonchev–Trinajstić information content (AvgIpc) is 2.75. The van der Waals surface area contributed by atoms with E-state index in [1.807, 2.05) is 24.3 Å². The maximum absolute atomic E-state index is 11.3. The Balaban J connectivity index is 2.07. The van der Waals surface area contributed by atoms with Gasteiger partial charge in [-0.2, -0.15) is 0 Å². The van der Waals surface area contributed by atoms with Crippen LogP contribution in [0.25, 0.3) is 17.1 Å². The van der Waals surface area contributed by atoms with E-state index < -0.39 is 0 Å². The van der Waals surface area contributed by atoms with Gasteiger partial charge in [0.05, 0.1) is 12.0 Å². The number of hydrogen-bond donors (Lipinski definition) is 1. The SMILES string of the molecule is O=C1NC=NC1=Cc1ccc2cccnc2n1. The predicted molar refractivity (Wildman–Crippen MR) is 64.1 cm³/mol. The summed E-state index contributed by atoms with van der Waals surface area (Å²) >= 11 is 0. The van der Waals surface area contributed by atoms with Gasteiger partial charge in [-0.05, 0) is 30.3 Å². The zero-order valence-corrected chi connectivity index (χ0v) is 8.79. The number of aromatic nitrogens is 2. The highest BCUT2D eigenvalue weighted by Gasteiger charge is 2.12. The van der Waals surface area contributed by atoms with Crippen molar-refractivity contribution in [3.8, 4) is 0 Å². The molecule has 0 aromatic carbocycles. The summed E-state index contributed by atoms with van der Waals surface area (Å²) in [6.07, 6.45) is 4.69. The lowest BCUT2D eigenvalue weighted by atomic mass is 10.2. The summed E-state index contributed by atoms with van der Waals surface area (Å²) in [6, 6.07) is 7.54. The molecular formula is C12H8N4O. The smallest absolute Gasteiger partial charge is 0.275 e. The summed E-state index contributed by atoms with van der Waals surface area (Å²) in [7, 11) is 0. The molecule has 2 aromatic rings. The Morgan fingerprint density at radius 2 is 2.18 bits per heavy atom. The summed E-state index contributed by atoms with van der Waals surface area (Å²) in [4.78, 5) is 23.7. The first-order valence-electron chi connectivity index (χ1n) is 5.10. The molecule has 0 fully saturated rings. The van der Waals surface area contributed by atoms with E-state index in [1.54, 1.807) is 12.3 Å². The number of carbonyl (C=O) groups excluding carboxylic acids is 1. The lowest BCUT2D eigenvalue weighted by molar-refractivity contribution is -0.115. The first kappa shape index (κ1) is 9.65. The number of nitrogens with one attached hydrogen (secondary N) is 1. The van der Waals surface area contributed by atoms with Crippen molar-refractivity contribution in [3.63, 3.8) is 0 Å². The van der Waals surface area contributed by atoms with Crippen LogP contribution in [0.2, 0.25) is 0 Å². The maximum atomic E-state index is 11.3. The van der Waals surface area contributed by atoms with Crippen LogP contribution in [0.5, 0.6) is 0 Å². The molecule has 0 saturated heterocycles. The zero-order chi connectivity index (χ0) is 11.7. The second kappa shape index (κ2) is 3.79. The van der Waals surface area contributed by atoms with E-state index >= 15 is 0 Å². The van der Waals surface area contributed by atoms with Crippen molar-refractivity contribution < 1.29 is 4.79 Å². The van der Waals surface area contributed by atoms with Crippen LogP contribution in [0.15, 0.2) is 41.2 Å². The molecule has 1 amide bonds. The number of aliphatic imine (C=N–C) groups is 1. The van der Waals surface area contributed by atoms with Crippen LogP contribution in [0, 0.1) is 0 Å². The minimum Gasteiger partial charge on any atom is -0.311 e. The van der Waals surface area contributed by atoms with E-state index in [0.29, 0.717) is 17.0 Å². The van der Waals surface area contributed by atoms with E-state index in [4.69, 9.17) is 0 Å². The van der Waals surface area contributed by atoms with Crippen LogP contribution < -0.4 is 5.32 Å². The molecule has 0 saturated carbocycles. The summed E-state index contributed by atoms with van der Waals surface area (Å²) in [5.41, 5.74) is 1.68. The van der Waals surface area contributed by atoms with Gasteiger partial charge in [-0.15, -0.1) is 0 Å². The summed E-state index contributed by atoms with van der Waals surface area (Å²) < 4.78 is 0. The quantitative estimate of drug-likeness (QED) is 0.738. The lowest BCUT2D eigenvalue weighted by Crippen LogP contribution is -2.14. The highest BCUT2D eigenvalue weighted by atomic mass is 16.2. The zero-order valence-electron chi connectivity index (χ0n) is 8.79. The number of hydrogen-bond acceptors (Lipinski definition) is 4. The fraction of sp³-hybridized carbons (Fsp3) is 0. The van der Waals surface area contributed by atoms with E-state index in [9.17, 15) is 4.79 Å². The number of rotatable bonds is 1. The van der Waals surface area contributed by atoms with Gasteiger partial charge in [-0.1, -0.05) is 0 Å². The minimum atomic E-state index is -0.215. The molecule has 3 rings (SSSR count). The minimum absolute atomic E-state index is 0.215. The van der Waals surface area contributed by atoms with Crippen LogP contribution in [-0.4, -0.2) is 22.2 Å². The van der Waals surface area contributed by atoms with Gasteiger partial charge in [0, 0.05) is 11.6 Å². The van der Waals surface area contributed by atoms with Crippen LogP contribution in [0.3, 0.4) is 0 Å². The predicted octanol–water partition coefficient (Wildman–Crippen LogP) is 1.13. The van der Waals surface area contributed by atoms with Crippen LogP contribution >= 0.6 is 0 Å². The third kappa shape index (κ3) is 1.78. The normalized spacial score (nSPS) is 16.7. The van der Waals surface area contributed by atoms with Gasteiger partial charge < -0.3 is 5.32 Å². The molecule has 2 aromatic heterocycles. The molecule has 5 heteroatoms. The van der Waals surface area contributed by atoms with Crippen molar-refractivity contribution >= 4 is 29.4 Å². The molecule has 0 bridgehead atoms. The maximum Gasteiger partial charge on any atom is 0.275 e. The number of fused-ring (bicyclic) bond motifs is 1. The van der Waals surface area contributed by atoms with E-state index in [0.717, 1.165) is 5.39 Å². The molecule has 5 nitrogen and oxygen atoms in total. The number of pyridine rings is 2. The highest BCUT2D eigenvalue weighted by Crippen LogP contribution is 2.13. The van der Waals surface area contributed by atoms with Crippen LogP contribution in [0.1, 0.15) is 5.69 Å². The van der Waals surface area contributed by atoms with Crippen molar-refractivity contribution in [3.05, 3.63) is 41.9 Å². The molecule has 82 valence electrons.